The predicted molar refractivity (Wildman–Crippen MR) is 59.9 cm³/mol. The van der Waals surface area contributed by atoms with Crippen LogP contribution in [0.1, 0.15) is 12.0 Å². The van der Waals surface area contributed by atoms with Gasteiger partial charge in [-0.3, -0.25) is 5.10 Å². The molecule has 2 aromatic rings. The Hall–Kier alpha value is -2.18. The van der Waals surface area contributed by atoms with Crippen LogP contribution < -0.4 is 10.5 Å². The minimum Gasteiger partial charge on any atom is -0.493 e. The monoisotopic (exact) mass is 257 g/mol. The molecule has 0 bridgehead atoms. The second kappa shape index (κ2) is 4.59. The van der Waals surface area contributed by atoms with Crippen LogP contribution in [0.15, 0.2) is 18.2 Å². The van der Waals surface area contributed by atoms with Crippen LogP contribution in [0.5, 0.6) is 5.75 Å². The summed E-state index contributed by atoms with van der Waals surface area (Å²) in [5.74, 6) is -0.823. The quantitative estimate of drug-likeness (QED) is 0.888. The zero-order chi connectivity index (χ0) is 13.3. The first kappa shape index (κ1) is 12.3. The van der Waals surface area contributed by atoms with Crippen molar-refractivity contribution in [1.29, 1.82) is 0 Å². The Kier molecular flexibility index (Phi) is 3.14. The Labute approximate surface area is 101 Å². The highest BCUT2D eigenvalue weighted by molar-refractivity contribution is 5.70. The molecule has 0 fully saturated rings. The lowest BCUT2D eigenvalue weighted by Gasteiger charge is -2.10. The first-order valence-electron chi connectivity index (χ1n) is 4.99. The Morgan fingerprint density at radius 2 is 2.06 bits per heavy atom. The first-order valence-corrected chi connectivity index (χ1v) is 4.99. The van der Waals surface area contributed by atoms with Crippen molar-refractivity contribution in [3.8, 4) is 17.0 Å². The van der Waals surface area contributed by atoms with E-state index in [4.69, 9.17) is 10.5 Å². The van der Waals surface area contributed by atoms with Crippen LogP contribution in [0.3, 0.4) is 0 Å². The van der Waals surface area contributed by atoms with Crippen LogP contribution in [0, 0.1) is 5.82 Å². The molecule has 1 aromatic heterocycles. The highest BCUT2D eigenvalue weighted by atomic mass is 19.3. The van der Waals surface area contributed by atoms with Crippen LogP contribution in [-0.4, -0.2) is 17.3 Å². The number of hydrogen-bond acceptors (Lipinski definition) is 3. The van der Waals surface area contributed by atoms with Crippen molar-refractivity contribution in [3.05, 3.63) is 29.6 Å². The molecule has 4 nitrogen and oxygen atoms in total. The number of H-pyrrole nitrogens is 1. The minimum atomic E-state index is -2.77. The van der Waals surface area contributed by atoms with Gasteiger partial charge in [0.15, 0.2) is 11.6 Å². The van der Waals surface area contributed by atoms with Gasteiger partial charge in [0.2, 0.25) is 0 Å². The summed E-state index contributed by atoms with van der Waals surface area (Å²) < 4.78 is 43.8. The summed E-state index contributed by atoms with van der Waals surface area (Å²) in [6.45, 7) is 0. The molecule has 0 aliphatic carbocycles. The second-order valence-corrected chi connectivity index (χ2v) is 3.59. The molecule has 1 heterocycles. The van der Waals surface area contributed by atoms with E-state index in [-0.39, 0.29) is 17.1 Å². The predicted octanol–water partition coefficient (Wildman–Crippen LogP) is 2.74. The normalized spacial score (nSPS) is 10.9. The van der Waals surface area contributed by atoms with Crippen molar-refractivity contribution in [3.63, 3.8) is 0 Å². The van der Waals surface area contributed by atoms with Crippen molar-refractivity contribution in [2.75, 3.05) is 12.8 Å². The number of nitrogens with one attached hydrogen (secondary N) is 1. The Balaban J connectivity index is 2.63. The maximum Gasteiger partial charge on any atom is 0.263 e. The van der Waals surface area contributed by atoms with Crippen molar-refractivity contribution in [2.45, 2.75) is 6.43 Å². The number of rotatable bonds is 3. The van der Waals surface area contributed by atoms with E-state index in [9.17, 15) is 13.2 Å². The minimum absolute atomic E-state index is 0.136. The van der Waals surface area contributed by atoms with Crippen molar-refractivity contribution in [2.24, 2.45) is 0 Å². The maximum atomic E-state index is 13.6. The third kappa shape index (κ3) is 2.11. The number of aromatic nitrogens is 2. The molecule has 18 heavy (non-hydrogen) atoms. The third-order valence-electron chi connectivity index (χ3n) is 2.41. The van der Waals surface area contributed by atoms with Gasteiger partial charge in [-0.15, -0.1) is 0 Å². The van der Waals surface area contributed by atoms with E-state index in [1.807, 2.05) is 0 Å². The van der Waals surface area contributed by atoms with Gasteiger partial charge in [0.25, 0.3) is 6.43 Å². The standard InChI is InChI=1S/C11H10F3N3O/c1-18-10-6(8-4-9(15)17-16-8)2-5(11(13)14)3-7(10)12/h2-4,11H,1H3,(H3,15,16,17). The van der Waals surface area contributed by atoms with E-state index < -0.39 is 17.8 Å². The largest absolute Gasteiger partial charge is 0.493 e. The molecule has 0 saturated carbocycles. The zero-order valence-corrected chi connectivity index (χ0v) is 9.38. The van der Waals surface area contributed by atoms with Crippen LogP contribution >= 0.6 is 0 Å². The number of aromatic amines is 1. The number of alkyl halides is 2. The molecule has 0 amide bonds. The first-order chi connectivity index (χ1) is 8.52. The van der Waals surface area contributed by atoms with E-state index in [2.05, 4.69) is 10.2 Å². The van der Waals surface area contributed by atoms with Crippen LogP contribution in [0.25, 0.3) is 11.3 Å². The molecule has 2 rings (SSSR count). The van der Waals surface area contributed by atoms with Crippen molar-refractivity contribution >= 4 is 5.82 Å². The molecule has 0 aliphatic rings. The number of hydrogen-bond donors (Lipinski definition) is 2. The van der Waals surface area contributed by atoms with Gasteiger partial charge < -0.3 is 10.5 Å². The molecule has 0 saturated heterocycles. The smallest absolute Gasteiger partial charge is 0.263 e. The summed E-state index contributed by atoms with van der Waals surface area (Å²) in [5, 5.41) is 6.18. The fourth-order valence-electron chi connectivity index (χ4n) is 1.62. The van der Waals surface area contributed by atoms with E-state index in [0.29, 0.717) is 5.69 Å². The van der Waals surface area contributed by atoms with Gasteiger partial charge in [0.05, 0.1) is 12.8 Å². The third-order valence-corrected chi connectivity index (χ3v) is 2.41. The summed E-state index contributed by atoms with van der Waals surface area (Å²) in [4.78, 5) is 0. The number of halogens is 3. The Morgan fingerprint density at radius 3 is 2.56 bits per heavy atom. The second-order valence-electron chi connectivity index (χ2n) is 3.59. The number of ether oxygens (including phenoxy) is 1. The van der Waals surface area contributed by atoms with E-state index >= 15 is 0 Å². The van der Waals surface area contributed by atoms with Gasteiger partial charge in [0, 0.05) is 17.2 Å². The van der Waals surface area contributed by atoms with Gasteiger partial charge >= 0.3 is 0 Å². The lowest BCUT2D eigenvalue weighted by atomic mass is 10.1. The Morgan fingerprint density at radius 1 is 1.33 bits per heavy atom. The summed E-state index contributed by atoms with van der Waals surface area (Å²) >= 11 is 0. The molecule has 0 spiro atoms. The highest BCUT2D eigenvalue weighted by Gasteiger charge is 2.18. The van der Waals surface area contributed by atoms with Crippen LogP contribution in [-0.2, 0) is 0 Å². The number of nitrogens with two attached hydrogens (primary N) is 1. The Bertz CT molecular complexity index is 569. The van der Waals surface area contributed by atoms with Crippen molar-refractivity contribution < 1.29 is 17.9 Å². The average Bonchev–Trinajstić information content (AvgIpc) is 2.74. The van der Waals surface area contributed by atoms with Crippen LogP contribution in [0.4, 0.5) is 19.0 Å². The summed E-state index contributed by atoms with van der Waals surface area (Å²) in [5.41, 5.74) is 5.45. The molecule has 3 N–H and O–H groups in total. The van der Waals surface area contributed by atoms with Crippen molar-refractivity contribution in [1.82, 2.24) is 10.2 Å². The molecular formula is C11H10F3N3O. The summed E-state index contributed by atoms with van der Waals surface area (Å²) in [6.07, 6.45) is -2.77. The van der Waals surface area contributed by atoms with E-state index in [1.165, 1.54) is 13.2 Å². The summed E-state index contributed by atoms with van der Waals surface area (Å²) in [6, 6.07) is 3.29. The molecule has 0 radical (unpaired) electrons. The van der Waals surface area contributed by atoms with Gasteiger partial charge in [-0.05, 0) is 12.1 Å². The molecule has 0 atom stereocenters. The van der Waals surface area contributed by atoms with E-state index in [1.54, 1.807) is 0 Å². The summed E-state index contributed by atoms with van der Waals surface area (Å²) in [7, 11) is 1.25. The fourth-order valence-corrected chi connectivity index (χ4v) is 1.62. The SMILES string of the molecule is COc1c(F)cc(C(F)F)cc1-c1cc(N)n[nH]1. The molecule has 0 aliphatic heterocycles. The number of methoxy groups -OCH3 is 1. The highest BCUT2D eigenvalue weighted by Crippen LogP contribution is 2.35. The molecule has 96 valence electrons. The molecule has 1 aromatic carbocycles. The maximum absolute atomic E-state index is 13.6. The average molecular weight is 257 g/mol. The lowest BCUT2D eigenvalue weighted by Crippen LogP contribution is -1.96. The lowest BCUT2D eigenvalue weighted by molar-refractivity contribution is 0.151. The number of nitrogen functional groups attached to an aromatic ring is 1. The van der Waals surface area contributed by atoms with Gasteiger partial charge in [-0.2, -0.15) is 5.10 Å². The molecule has 0 unspecified atom stereocenters. The topological polar surface area (TPSA) is 63.9 Å². The van der Waals surface area contributed by atoms with Crippen LogP contribution in [0.2, 0.25) is 0 Å². The van der Waals surface area contributed by atoms with Gasteiger partial charge in [0.1, 0.15) is 5.82 Å². The van der Waals surface area contributed by atoms with Gasteiger partial charge in [-0.25, -0.2) is 13.2 Å². The zero-order valence-electron chi connectivity index (χ0n) is 9.38. The molecule has 7 heteroatoms. The number of benzene rings is 1. The molecular weight excluding hydrogens is 247 g/mol. The van der Waals surface area contributed by atoms with E-state index in [0.717, 1.165) is 12.1 Å². The van der Waals surface area contributed by atoms with Gasteiger partial charge in [-0.1, -0.05) is 0 Å². The fraction of sp³-hybridized carbons (Fsp3) is 0.182. The number of nitrogens with zero attached hydrogens (tertiary/aromatic N) is 1. The number of anilines is 1.